The fraction of sp³-hybridized carbons (Fsp3) is 0.154. The molecule has 1 N–H and O–H groups in total. The van der Waals surface area contributed by atoms with Crippen LogP contribution in [-0.2, 0) is 9.59 Å². The van der Waals surface area contributed by atoms with Crippen LogP contribution in [0, 0.1) is 6.92 Å². The normalized spacial score (nSPS) is 17.2. The molecular formula is C26H21Cl2NO5. The Kier molecular flexibility index (Phi) is 6.55. The first-order valence-corrected chi connectivity index (χ1v) is 11.1. The highest BCUT2D eigenvalue weighted by atomic mass is 35.5. The number of aryl methyl sites for hydroxylation is 1. The van der Waals surface area contributed by atoms with E-state index in [1.807, 2.05) is 25.1 Å². The van der Waals surface area contributed by atoms with E-state index in [9.17, 15) is 14.7 Å². The largest absolute Gasteiger partial charge is 0.507 e. The van der Waals surface area contributed by atoms with Crippen LogP contribution in [0.1, 0.15) is 22.7 Å². The lowest BCUT2D eigenvalue weighted by Gasteiger charge is -2.27. The van der Waals surface area contributed by atoms with E-state index in [-0.39, 0.29) is 26.9 Å². The molecule has 1 unspecified atom stereocenters. The molecule has 6 nitrogen and oxygen atoms in total. The van der Waals surface area contributed by atoms with E-state index >= 15 is 0 Å². The van der Waals surface area contributed by atoms with E-state index in [1.54, 1.807) is 30.3 Å². The number of halogens is 2. The van der Waals surface area contributed by atoms with Gasteiger partial charge in [-0.15, -0.1) is 0 Å². The summed E-state index contributed by atoms with van der Waals surface area (Å²) in [6.07, 6.45) is 0. The van der Waals surface area contributed by atoms with Crippen LogP contribution < -0.4 is 14.4 Å². The lowest BCUT2D eigenvalue weighted by molar-refractivity contribution is -0.132. The number of carbonyl (C=O) groups is 2. The lowest BCUT2D eigenvalue weighted by atomic mass is 9.94. The van der Waals surface area contributed by atoms with Gasteiger partial charge in [0.2, 0.25) is 0 Å². The van der Waals surface area contributed by atoms with E-state index in [0.29, 0.717) is 17.0 Å². The Bertz CT molecular complexity index is 1310. The van der Waals surface area contributed by atoms with Crippen LogP contribution in [0.4, 0.5) is 5.69 Å². The van der Waals surface area contributed by atoms with Crippen LogP contribution in [0.2, 0.25) is 10.0 Å². The van der Waals surface area contributed by atoms with E-state index in [4.69, 9.17) is 32.7 Å². The second-order valence-electron chi connectivity index (χ2n) is 7.73. The van der Waals surface area contributed by atoms with Crippen molar-refractivity contribution in [2.24, 2.45) is 0 Å². The second-order valence-corrected chi connectivity index (χ2v) is 8.54. The van der Waals surface area contributed by atoms with Gasteiger partial charge in [-0.3, -0.25) is 14.5 Å². The van der Waals surface area contributed by atoms with Gasteiger partial charge in [-0.1, -0.05) is 65.2 Å². The number of ketones is 1. The molecule has 34 heavy (non-hydrogen) atoms. The predicted octanol–water partition coefficient (Wildman–Crippen LogP) is 5.95. The fourth-order valence-electron chi connectivity index (χ4n) is 4.11. The Morgan fingerprint density at radius 3 is 2.24 bits per heavy atom. The zero-order valence-electron chi connectivity index (χ0n) is 18.6. The molecule has 4 rings (SSSR count). The van der Waals surface area contributed by atoms with Crippen molar-refractivity contribution >= 4 is 46.3 Å². The van der Waals surface area contributed by atoms with Gasteiger partial charge in [0.05, 0.1) is 41.6 Å². The van der Waals surface area contributed by atoms with E-state index in [1.165, 1.54) is 31.3 Å². The molecule has 3 aromatic rings. The molecule has 0 aliphatic carbocycles. The molecule has 1 saturated heterocycles. The fourth-order valence-corrected chi connectivity index (χ4v) is 4.75. The van der Waals surface area contributed by atoms with Gasteiger partial charge in [0.25, 0.3) is 11.7 Å². The van der Waals surface area contributed by atoms with Gasteiger partial charge in [-0.25, -0.2) is 0 Å². The predicted molar refractivity (Wildman–Crippen MR) is 132 cm³/mol. The van der Waals surface area contributed by atoms with Gasteiger partial charge < -0.3 is 14.6 Å². The number of para-hydroxylation sites is 2. The molecule has 8 heteroatoms. The van der Waals surface area contributed by atoms with Gasteiger partial charge in [0, 0.05) is 5.56 Å². The van der Waals surface area contributed by atoms with Crippen LogP contribution in [0.3, 0.4) is 0 Å². The number of rotatable bonds is 5. The topological polar surface area (TPSA) is 76.1 Å². The molecule has 0 saturated carbocycles. The summed E-state index contributed by atoms with van der Waals surface area (Å²) < 4.78 is 10.6. The number of hydrogen-bond acceptors (Lipinski definition) is 5. The van der Waals surface area contributed by atoms with E-state index < -0.39 is 23.5 Å². The van der Waals surface area contributed by atoms with E-state index in [0.717, 1.165) is 5.56 Å². The Morgan fingerprint density at radius 1 is 0.941 bits per heavy atom. The number of aliphatic hydroxyl groups is 1. The molecule has 1 atom stereocenters. The Hall–Kier alpha value is -3.48. The third-order valence-corrected chi connectivity index (χ3v) is 6.18. The van der Waals surface area contributed by atoms with Gasteiger partial charge >= 0.3 is 0 Å². The van der Waals surface area contributed by atoms with Crippen molar-refractivity contribution in [1.82, 2.24) is 0 Å². The number of ether oxygens (including phenoxy) is 2. The number of methoxy groups -OCH3 is 2. The molecule has 1 aliphatic rings. The summed E-state index contributed by atoms with van der Waals surface area (Å²) in [5, 5.41) is 11.6. The zero-order chi connectivity index (χ0) is 24.6. The van der Waals surface area contributed by atoms with Crippen LogP contribution in [0.25, 0.3) is 5.76 Å². The number of carbonyl (C=O) groups excluding carboxylic acids is 2. The SMILES string of the molecule is COc1ccccc1N1C(=O)C(=O)/C(=C(/O)c2cc(Cl)c(OC)c(Cl)c2)C1c1cccc(C)c1. The van der Waals surface area contributed by atoms with Crippen molar-refractivity contribution in [3.63, 3.8) is 0 Å². The highest BCUT2D eigenvalue weighted by molar-refractivity contribution is 6.52. The average molecular weight is 498 g/mol. The molecule has 174 valence electrons. The maximum Gasteiger partial charge on any atom is 0.300 e. The monoisotopic (exact) mass is 497 g/mol. The van der Waals surface area contributed by atoms with Crippen molar-refractivity contribution in [1.29, 1.82) is 0 Å². The quantitative estimate of drug-likeness (QED) is 0.268. The first kappa shape index (κ1) is 23.7. The van der Waals surface area contributed by atoms with Gasteiger partial charge in [-0.05, 0) is 36.8 Å². The minimum absolute atomic E-state index is 0.0844. The summed E-state index contributed by atoms with van der Waals surface area (Å²) in [5.74, 6) is -1.36. The molecular weight excluding hydrogens is 477 g/mol. The third-order valence-electron chi connectivity index (χ3n) is 5.62. The Labute approximate surface area is 206 Å². The summed E-state index contributed by atoms with van der Waals surface area (Å²) >= 11 is 12.5. The first-order chi connectivity index (χ1) is 16.3. The molecule has 1 fully saturated rings. The summed E-state index contributed by atoms with van der Waals surface area (Å²) in [6, 6.07) is 16.3. The van der Waals surface area contributed by atoms with E-state index in [2.05, 4.69) is 0 Å². The Balaban J connectivity index is 1.99. The van der Waals surface area contributed by atoms with Crippen molar-refractivity contribution in [3.05, 3.63) is 93.0 Å². The number of hydrogen-bond donors (Lipinski definition) is 1. The van der Waals surface area contributed by atoms with Crippen LogP contribution >= 0.6 is 23.2 Å². The van der Waals surface area contributed by atoms with Gasteiger partial charge in [-0.2, -0.15) is 0 Å². The number of benzene rings is 3. The Morgan fingerprint density at radius 2 is 1.62 bits per heavy atom. The molecule has 0 radical (unpaired) electrons. The van der Waals surface area contributed by atoms with Crippen molar-refractivity contribution in [2.75, 3.05) is 19.1 Å². The first-order valence-electron chi connectivity index (χ1n) is 10.3. The summed E-state index contributed by atoms with van der Waals surface area (Å²) in [7, 11) is 2.90. The van der Waals surface area contributed by atoms with Crippen LogP contribution in [0.15, 0.2) is 66.2 Å². The summed E-state index contributed by atoms with van der Waals surface area (Å²) in [6.45, 7) is 1.90. The summed E-state index contributed by atoms with van der Waals surface area (Å²) in [5.41, 5.74) is 2.09. The number of aliphatic hydroxyl groups excluding tert-OH is 1. The minimum Gasteiger partial charge on any atom is -0.507 e. The van der Waals surface area contributed by atoms with Crippen molar-refractivity contribution in [3.8, 4) is 11.5 Å². The highest BCUT2D eigenvalue weighted by Gasteiger charge is 2.47. The smallest absolute Gasteiger partial charge is 0.300 e. The molecule has 1 aliphatic heterocycles. The number of amides is 1. The van der Waals surface area contributed by atoms with Crippen molar-refractivity contribution < 1.29 is 24.2 Å². The third kappa shape index (κ3) is 4.00. The summed E-state index contributed by atoms with van der Waals surface area (Å²) in [4.78, 5) is 28.0. The molecule has 1 heterocycles. The molecule has 0 spiro atoms. The number of nitrogens with zero attached hydrogens (tertiary/aromatic N) is 1. The number of Topliss-reactive ketones (excluding diaryl/α,β-unsaturated/α-hetero) is 1. The maximum absolute atomic E-state index is 13.3. The van der Waals surface area contributed by atoms with Crippen LogP contribution in [-0.4, -0.2) is 31.0 Å². The molecule has 3 aromatic carbocycles. The molecule has 0 aromatic heterocycles. The van der Waals surface area contributed by atoms with Gasteiger partial charge in [0.1, 0.15) is 11.5 Å². The molecule has 1 amide bonds. The average Bonchev–Trinajstić information content (AvgIpc) is 3.08. The van der Waals surface area contributed by atoms with Gasteiger partial charge in [0.15, 0.2) is 5.75 Å². The minimum atomic E-state index is -0.907. The zero-order valence-corrected chi connectivity index (χ0v) is 20.1. The highest BCUT2D eigenvalue weighted by Crippen LogP contribution is 2.46. The number of anilines is 1. The maximum atomic E-state index is 13.3. The molecule has 0 bridgehead atoms. The second kappa shape index (κ2) is 9.41. The lowest BCUT2D eigenvalue weighted by Crippen LogP contribution is -2.29. The van der Waals surface area contributed by atoms with Crippen molar-refractivity contribution in [2.45, 2.75) is 13.0 Å². The standard InChI is InChI=1S/C26H21Cl2NO5/c1-14-7-6-8-15(11-14)22-21(23(30)16-12-17(27)25(34-3)18(28)13-16)24(31)26(32)29(22)19-9-4-5-10-20(19)33-2/h4-13,22,30H,1-3H3/b23-21+. The van der Waals surface area contributed by atoms with Crippen LogP contribution in [0.5, 0.6) is 11.5 Å².